The van der Waals surface area contributed by atoms with E-state index in [1.54, 1.807) is 0 Å². The van der Waals surface area contributed by atoms with Gasteiger partial charge < -0.3 is 14.5 Å². The maximum atomic E-state index is 11.7. The van der Waals surface area contributed by atoms with E-state index in [2.05, 4.69) is 9.72 Å². The van der Waals surface area contributed by atoms with E-state index >= 15 is 0 Å². The zero-order chi connectivity index (χ0) is 14.3. The first-order valence-electron chi connectivity index (χ1n) is 5.83. The third-order valence-corrected chi connectivity index (χ3v) is 3.41. The van der Waals surface area contributed by atoms with Crippen molar-refractivity contribution in [3.8, 4) is 5.75 Å². The molecule has 1 atom stereocenters. The smallest absolute Gasteiger partial charge is 0.318 e. The van der Waals surface area contributed by atoms with Crippen molar-refractivity contribution in [2.24, 2.45) is 0 Å². The molecule has 0 spiro atoms. The van der Waals surface area contributed by atoms with Crippen LogP contribution in [-0.2, 0) is 26.1 Å². The number of aromatic amines is 1. The summed E-state index contributed by atoms with van der Waals surface area (Å²) in [5.74, 6) is -0.390. The largest absolute Gasteiger partial charge is 0.488 e. The van der Waals surface area contributed by atoms with Gasteiger partial charge in [-0.05, 0) is 6.42 Å². The number of hydrogen-bond donors (Lipinski definition) is 1. The molecule has 0 aliphatic heterocycles. The topological polar surface area (TPSA) is 85.5 Å². The fourth-order valence-corrected chi connectivity index (χ4v) is 2.32. The van der Waals surface area contributed by atoms with E-state index in [1.807, 2.05) is 6.92 Å². The van der Waals surface area contributed by atoms with Gasteiger partial charge in [-0.15, -0.1) is 0 Å². The maximum absolute atomic E-state index is 11.7. The number of carbonyl (C=O) groups is 1. The first kappa shape index (κ1) is 15.4. The van der Waals surface area contributed by atoms with Crippen LogP contribution in [0.2, 0.25) is 0 Å². The minimum absolute atomic E-state index is 0.0956. The molecule has 0 saturated carbocycles. The Kier molecular flexibility index (Phi) is 6.27. The number of ether oxygens (including phenoxy) is 2. The normalized spacial score (nSPS) is 11.9. The van der Waals surface area contributed by atoms with Crippen molar-refractivity contribution in [2.75, 3.05) is 19.5 Å². The summed E-state index contributed by atoms with van der Waals surface area (Å²) in [5.41, 5.74) is 0.230. The monoisotopic (exact) mass is 287 g/mol. The Morgan fingerprint density at radius 3 is 2.79 bits per heavy atom. The number of hydrogen-bond acceptors (Lipinski definition) is 5. The second-order valence-electron chi connectivity index (χ2n) is 3.84. The van der Waals surface area contributed by atoms with E-state index in [0.29, 0.717) is 12.3 Å². The van der Waals surface area contributed by atoms with Crippen molar-refractivity contribution in [1.82, 2.24) is 4.98 Å². The first-order chi connectivity index (χ1) is 9.06. The number of aromatic nitrogens is 1. The third kappa shape index (κ3) is 5.25. The number of esters is 1. The predicted molar refractivity (Wildman–Crippen MR) is 71.6 cm³/mol. The molecule has 7 heteroatoms. The molecule has 1 unspecified atom stereocenters. The molecule has 0 amide bonds. The van der Waals surface area contributed by atoms with Gasteiger partial charge in [-0.3, -0.25) is 13.8 Å². The first-order valence-corrected chi connectivity index (χ1v) is 7.31. The number of H-pyrrole nitrogens is 1. The van der Waals surface area contributed by atoms with Crippen LogP contribution in [0.15, 0.2) is 17.1 Å². The van der Waals surface area contributed by atoms with Crippen molar-refractivity contribution in [2.45, 2.75) is 19.1 Å². The highest BCUT2D eigenvalue weighted by molar-refractivity contribution is 7.84. The van der Waals surface area contributed by atoms with E-state index in [9.17, 15) is 13.8 Å². The Hall–Kier alpha value is -1.63. The summed E-state index contributed by atoms with van der Waals surface area (Å²) in [7, 11) is -0.169. The van der Waals surface area contributed by atoms with Crippen LogP contribution in [0.1, 0.15) is 19.0 Å². The fourth-order valence-electron chi connectivity index (χ4n) is 1.32. The second-order valence-corrected chi connectivity index (χ2v) is 5.30. The lowest BCUT2D eigenvalue weighted by molar-refractivity contribution is -0.137. The summed E-state index contributed by atoms with van der Waals surface area (Å²) < 4.78 is 21.3. The highest BCUT2D eigenvalue weighted by Crippen LogP contribution is 2.05. The van der Waals surface area contributed by atoms with Gasteiger partial charge in [0.15, 0.2) is 5.75 Å². The minimum atomic E-state index is -1.41. The summed E-state index contributed by atoms with van der Waals surface area (Å²) in [4.78, 5) is 25.5. The molecule has 1 N–H and O–H groups in total. The molecule has 1 aromatic heterocycles. The Labute approximate surface area is 113 Å². The molecule has 0 bridgehead atoms. The van der Waals surface area contributed by atoms with Gasteiger partial charge >= 0.3 is 5.97 Å². The standard InChI is InChI=1S/C12H17NO5S/c1-3-4-18-11-6-13-9(5-10(11)14)7-19(16)8-12(15)17-2/h5-6H,3-4,7-8H2,1-2H3,(H,13,14). The number of pyridine rings is 1. The van der Waals surface area contributed by atoms with Gasteiger partial charge in [0.2, 0.25) is 5.43 Å². The lowest BCUT2D eigenvalue weighted by atomic mass is 10.3. The molecule has 0 radical (unpaired) electrons. The fraction of sp³-hybridized carbons (Fsp3) is 0.500. The molecule has 0 aliphatic carbocycles. The highest BCUT2D eigenvalue weighted by Gasteiger charge is 2.10. The molecule has 0 aromatic carbocycles. The molecule has 0 fully saturated rings. The predicted octanol–water partition coefficient (Wildman–Crippen LogP) is 0.585. The average Bonchev–Trinajstić information content (AvgIpc) is 2.37. The lowest BCUT2D eigenvalue weighted by Crippen LogP contribution is -2.15. The van der Waals surface area contributed by atoms with Gasteiger partial charge in [0.05, 0.1) is 19.5 Å². The van der Waals surface area contributed by atoms with E-state index in [0.717, 1.165) is 6.42 Å². The summed E-state index contributed by atoms with van der Waals surface area (Å²) in [6, 6.07) is 1.33. The molecule has 19 heavy (non-hydrogen) atoms. The van der Waals surface area contributed by atoms with Crippen LogP contribution in [0.3, 0.4) is 0 Å². The zero-order valence-electron chi connectivity index (χ0n) is 10.9. The SMILES string of the molecule is CCCOc1c[nH]c(CS(=O)CC(=O)OC)cc1=O. The van der Waals surface area contributed by atoms with Gasteiger partial charge in [0.1, 0.15) is 5.75 Å². The summed E-state index contributed by atoms with van der Waals surface area (Å²) >= 11 is 0. The van der Waals surface area contributed by atoms with Gasteiger partial charge in [-0.1, -0.05) is 6.92 Å². The molecular weight excluding hydrogens is 270 g/mol. The van der Waals surface area contributed by atoms with Crippen LogP contribution in [0.4, 0.5) is 0 Å². The minimum Gasteiger partial charge on any atom is -0.488 e. The summed E-state index contributed by atoms with van der Waals surface area (Å²) in [6.45, 7) is 2.41. The van der Waals surface area contributed by atoms with Gasteiger partial charge in [0, 0.05) is 28.8 Å². The van der Waals surface area contributed by atoms with Crippen molar-refractivity contribution in [1.29, 1.82) is 0 Å². The average molecular weight is 287 g/mol. The molecule has 0 saturated heterocycles. The number of methoxy groups -OCH3 is 1. The molecule has 1 aromatic rings. The molecule has 0 aliphatic rings. The van der Waals surface area contributed by atoms with Gasteiger partial charge in [-0.2, -0.15) is 0 Å². The molecule has 106 valence electrons. The number of nitrogens with one attached hydrogen (secondary N) is 1. The zero-order valence-corrected chi connectivity index (χ0v) is 11.7. The van der Waals surface area contributed by atoms with Crippen LogP contribution in [0, 0.1) is 0 Å². The van der Waals surface area contributed by atoms with E-state index < -0.39 is 16.8 Å². The van der Waals surface area contributed by atoms with E-state index in [-0.39, 0.29) is 22.7 Å². The molecular formula is C12H17NO5S. The highest BCUT2D eigenvalue weighted by atomic mass is 32.2. The van der Waals surface area contributed by atoms with Crippen LogP contribution >= 0.6 is 0 Å². The van der Waals surface area contributed by atoms with Gasteiger partial charge in [-0.25, -0.2) is 0 Å². The van der Waals surface area contributed by atoms with Crippen molar-refractivity contribution in [3.63, 3.8) is 0 Å². The Morgan fingerprint density at radius 1 is 1.47 bits per heavy atom. The van der Waals surface area contributed by atoms with E-state index in [4.69, 9.17) is 4.74 Å². The van der Waals surface area contributed by atoms with E-state index in [1.165, 1.54) is 19.4 Å². The summed E-state index contributed by atoms with van der Waals surface area (Å²) in [5, 5.41) is 0. The Balaban J connectivity index is 2.65. The second kappa shape index (κ2) is 7.73. The van der Waals surface area contributed by atoms with Crippen LogP contribution in [0.5, 0.6) is 5.75 Å². The number of carbonyl (C=O) groups excluding carboxylic acids is 1. The summed E-state index contributed by atoms with van der Waals surface area (Å²) in [6.07, 6.45) is 2.26. The lowest BCUT2D eigenvalue weighted by Gasteiger charge is -2.05. The molecule has 1 heterocycles. The maximum Gasteiger partial charge on any atom is 0.318 e. The molecule has 1 rings (SSSR count). The van der Waals surface area contributed by atoms with Crippen molar-refractivity contribution >= 4 is 16.8 Å². The van der Waals surface area contributed by atoms with Crippen molar-refractivity contribution < 1.29 is 18.5 Å². The third-order valence-electron chi connectivity index (χ3n) is 2.22. The number of rotatable bonds is 7. The van der Waals surface area contributed by atoms with Gasteiger partial charge in [0.25, 0.3) is 0 Å². The van der Waals surface area contributed by atoms with Crippen molar-refractivity contribution in [3.05, 3.63) is 28.2 Å². The quantitative estimate of drug-likeness (QED) is 0.742. The van der Waals surface area contributed by atoms with Crippen LogP contribution in [0.25, 0.3) is 0 Å². The van der Waals surface area contributed by atoms with Crippen LogP contribution < -0.4 is 10.2 Å². The Bertz CT molecular complexity index is 511. The van der Waals surface area contributed by atoms with Crippen LogP contribution in [-0.4, -0.2) is 34.6 Å². The Morgan fingerprint density at radius 2 is 2.21 bits per heavy atom. The molecule has 6 nitrogen and oxygen atoms in total.